The van der Waals surface area contributed by atoms with E-state index in [1.165, 1.54) is 24.3 Å². The fraction of sp³-hybridized carbons (Fsp3) is 0.412. The van der Waals surface area contributed by atoms with Gasteiger partial charge in [0.05, 0.1) is 6.04 Å². The predicted octanol–water partition coefficient (Wildman–Crippen LogP) is 2.72. The SMILES string of the molecule is C[C@@H](NC1=CC(=O)C2(CCCC2)C(=O)N1)c1c(F)cccc1F. The van der Waals surface area contributed by atoms with Gasteiger partial charge in [0.25, 0.3) is 0 Å². The smallest absolute Gasteiger partial charge is 0.239 e. The Labute approximate surface area is 132 Å². The molecule has 1 heterocycles. The van der Waals surface area contributed by atoms with Crippen molar-refractivity contribution in [1.82, 2.24) is 10.6 Å². The van der Waals surface area contributed by atoms with Crippen molar-refractivity contribution in [2.45, 2.75) is 38.6 Å². The third kappa shape index (κ3) is 2.62. The van der Waals surface area contributed by atoms with E-state index in [0.717, 1.165) is 12.8 Å². The molecule has 1 fully saturated rings. The second-order valence-corrected chi connectivity index (χ2v) is 6.17. The molecule has 0 radical (unpaired) electrons. The lowest BCUT2D eigenvalue weighted by atomic mass is 9.79. The molecule has 4 nitrogen and oxygen atoms in total. The fourth-order valence-electron chi connectivity index (χ4n) is 3.42. The minimum atomic E-state index is -0.947. The van der Waals surface area contributed by atoms with E-state index in [2.05, 4.69) is 10.6 Å². The highest BCUT2D eigenvalue weighted by molar-refractivity contribution is 6.14. The largest absolute Gasteiger partial charge is 0.365 e. The number of amides is 1. The van der Waals surface area contributed by atoms with Crippen molar-refractivity contribution in [3.8, 4) is 0 Å². The van der Waals surface area contributed by atoms with Gasteiger partial charge in [-0.05, 0) is 31.9 Å². The molecule has 0 aromatic heterocycles. The van der Waals surface area contributed by atoms with Gasteiger partial charge in [-0.25, -0.2) is 8.78 Å². The first-order chi connectivity index (χ1) is 10.9. The van der Waals surface area contributed by atoms with E-state index in [4.69, 9.17) is 0 Å². The molecule has 1 aromatic rings. The fourth-order valence-corrected chi connectivity index (χ4v) is 3.42. The van der Waals surface area contributed by atoms with Gasteiger partial charge in [0.15, 0.2) is 5.78 Å². The van der Waals surface area contributed by atoms with Crippen molar-refractivity contribution < 1.29 is 18.4 Å². The van der Waals surface area contributed by atoms with Crippen LogP contribution in [0.4, 0.5) is 8.78 Å². The van der Waals surface area contributed by atoms with Crippen LogP contribution in [0.2, 0.25) is 0 Å². The maximum absolute atomic E-state index is 13.8. The second-order valence-electron chi connectivity index (χ2n) is 6.17. The third-order valence-corrected chi connectivity index (χ3v) is 4.69. The molecule has 122 valence electrons. The number of hydrogen-bond acceptors (Lipinski definition) is 3. The van der Waals surface area contributed by atoms with Crippen molar-refractivity contribution in [1.29, 1.82) is 0 Å². The minimum absolute atomic E-state index is 0.128. The van der Waals surface area contributed by atoms with Gasteiger partial charge >= 0.3 is 0 Å². The summed E-state index contributed by atoms with van der Waals surface area (Å²) < 4.78 is 27.6. The van der Waals surface area contributed by atoms with E-state index < -0.39 is 23.1 Å². The zero-order valence-corrected chi connectivity index (χ0v) is 12.8. The number of benzene rings is 1. The third-order valence-electron chi connectivity index (χ3n) is 4.69. The normalized spacial score (nSPS) is 21.1. The molecule has 2 aliphatic rings. The quantitative estimate of drug-likeness (QED) is 0.842. The van der Waals surface area contributed by atoms with Crippen molar-refractivity contribution >= 4 is 11.7 Å². The molecule has 1 spiro atoms. The average molecular weight is 320 g/mol. The zero-order chi connectivity index (χ0) is 16.6. The Morgan fingerprint density at radius 1 is 1.17 bits per heavy atom. The van der Waals surface area contributed by atoms with Crippen LogP contribution in [0, 0.1) is 17.0 Å². The van der Waals surface area contributed by atoms with Crippen LogP contribution in [0.1, 0.15) is 44.2 Å². The van der Waals surface area contributed by atoms with Gasteiger partial charge in [-0.2, -0.15) is 0 Å². The molecule has 1 aliphatic carbocycles. The summed E-state index contributed by atoms with van der Waals surface area (Å²) >= 11 is 0. The maximum atomic E-state index is 13.8. The van der Waals surface area contributed by atoms with Gasteiger partial charge in [0, 0.05) is 11.6 Å². The summed E-state index contributed by atoms with van der Waals surface area (Å²) in [5.74, 6) is -1.72. The zero-order valence-electron chi connectivity index (χ0n) is 12.8. The van der Waals surface area contributed by atoms with Gasteiger partial charge in [-0.1, -0.05) is 18.9 Å². The van der Waals surface area contributed by atoms with Crippen LogP contribution in [0.15, 0.2) is 30.1 Å². The highest BCUT2D eigenvalue weighted by Gasteiger charge is 2.49. The van der Waals surface area contributed by atoms with Gasteiger partial charge < -0.3 is 10.6 Å². The van der Waals surface area contributed by atoms with Crippen molar-refractivity contribution in [2.24, 2.45) is 5.41 Å². The number of allylic oxidation sites excluding steroid dienone is 1. The monoisotopic (exact) mass is 320 g/mol. The molecule has 23 heavy (non-hydrogen) atoms. The van der Waals surface area contributed by atoms with Crippen LogP contribution in [0.25, 0.3) is 0 Å². The Morgan fingerprint density at radius 3 is 2.35 bits per heavy atom. The van der Waals surface area contributed by atoms with Crippen LogP contribution in [0.3, 0.4) is 0 Å². The van der Waals surface area contributed by atoms with Gasteiger partial charge in [-0.3, -0.25) is 9.59 Å². The van der Waals surface area contributed by atoms with Crippen LogP contribution in [-0.4, -0.2) is 11.7 Å². The first kappa shape index (κ1) is 15.6. The molecule has 2 N–H and O–H groups in total. The standard InChI is InChI=1S/C17H18F2N2O2/c1-10(15-11(18)5-4-6-12(15)19)20-14-9-13(22)17(16(23)21-14)7-2-3-8-17/h4-6,9-10,20H,2-3,7-8H2,1H3,(H,21,23)/t10-/m1/s1. The number of hydrogen-bond donors (Lipinski definition) is 2. The first-order valence-corrected chi connectivity index (χ1v) is 7.72. The molecule has 1 saturated carbocycles. The lowest BCUT2D eigenvalue weighted by Gasteiger charge is -2.31. The summed E-state index contributed by atoms with van der Waals surface area (Å²) in [6, 6.07) is 2.90. The molecule has 6 heteroatoms. The number of carbonyl (C=O) groups is 2. The number of rotatable bonds is 3. The highest BCUT2D eigenvalue weighted by Crippen LogP contribution is 2.41. The van der Waals surface area contributed by atoms with Crippen LogP contribution in [0.5, 0.6) is 0 Å². The number of halogens is 2. The summed E-state index contributed by atoms with van der Waals surface area (Å²) in [5, 5.41) is 5.48. The lowest BCUT2D eigenvalue weighted by Crippen LogP contribution is -2.50. The van der Waals surface area contributed by atoms with E-state index in [-0.39, 0.29) is 23.1 Å². The summed E-state index contributed by atoms with van der Waals surface area (Å²) in [7, 11) is 0. The molecule has 1 amide bonds. The van der Waals surface area contributed by atoms with E-state index in [1.807, 2.05) is 0 Å². The molecule has 0 saturated heterocycles. The molecule has 0 bridgehead atoms. The second kappa shape index (κ2) is 5.76. The minimum Gasteiger partial charge on any atom is -0.365 e. The molecular weight excluding hydrogens is 302 g/mol. The lowest BCUT2D eigenvalue weighted by molar-refractivity contribution is -0.140. The molecular formula is C17H18F2N2O2. The van der Waals surface area contributed by atoms with E-state index in [1.54, 1.807) is 6.92 Å². The summed E-state index contributed by atoms with van der Waals surface area (Å²) in [6.45, 7) is 1.57. The van der Waals surface area contributed by atoms with E-state index in [0.29, 0.717) is 12.8 Å². The molecule has 1 aromatic carbocycles. The summed E-state index contributed by atoms with van der Waals surface area (Å²) in [4.78, 5) is 24.7. The molecule has 1 atom stereocenters. The van der Waals surface area contributed by atoms with Crippen molar-refractivity contribution in [3.63, 3.8) is 0 Å². The van der Waals surface area contributed by atoms with Crippen LogP contribution in [-0.2, 0) is 9.59 Å². The Balaban J connectivity index is 1.81. The van der Waals surface area contributed by atoms with E-state index in [9.17, 15) is 18.4 Å². The van der Waals surface area contributed by atoms with Crippen molar-refractivity contribution in [3.05, 3.63) is 47.3 Å². The van der Waals surface area contributed by atoms with Gasteiger partial charge in [0.1, 0.15) is 22.9 Å². The van der Waals surface area contributed by atoms with Crippen molar-refractivity contribution in [2.75, 3.05) is 0 Å². The summed E-state index contributed by atoms with van der Waals surface area (Å²) in [6.07, 6.45) is 4.15. The van der Waals surface area contributed by atoms with Gasteiger partial charge in [0.2, 0.25) is 5.91 Å². The van der Waals surface area contributed by atoms with Crippen LogP contribution >= 0.6 is 0 Å². The van der Waals surface area contributed by atoms with Gasteiger partial charge in [-0.15, -0.1) is 0 Å². The molecule has 3 rings (SSSR count). The predicted molar refractivity (Wildman–Crippen MR) is 80.0 cm³/mol. The Morgan fingerprint density at radius 2 is 1.78 bits per heavy atom. The Bertz CT molecular complexity index is 674. The Kier molecular flexibility index (Phi) is 3.92. The van der Waals surface area contributed by atoms with E-state index >= 15 is 0 Å². The number of carbonyl (C=O) groups excluding carboxylic acids is 2. The average Bonchev–Trinajstić information content (AvgIpc) is 2.96. The topological polar surface area (TPSA) is 58.2 Å². The number of nitrogens with one attached hydrogen (secondary N) is 2. The Hall–Kier alpha value is -2.24. The maximum Gasteiger partial charge on any atom is 0.239 e. The molecule has 0 unspecified atom stereocenters. The molecule has 1 aliphatic heterocycles. The number of ketones is 1. The highest BCUT2D eigenvalue weighted by atomic mass is 19.1. The van der Waals surface area contributed by atoms with Crippen LogP contribution < -0.4 is 10.6 Å². The summed E-state index contributed by atoms with van der Waals surface area (Å²) in [5.41, 5.74) is -1.08. The first-order valence-electron chi connectivity index (χ1n) is 7.72.